The lowest BCUT2D eigenvalue weighted by Crippen LogP contribution is -2.28. The summed E-state index contributed by atoms with van der Waals surface area (Å²) in [6.07, 6.45) is 0.335. The van der Waals surface area contributed by atoms with Crippen molar-refractivity contribution >= 4 is 33.4 Å². The van der Waals surface area contributed by atoms with Gasteiger partial charge in [-0.3, -0.25) is 0 Å². The molecule has 0 aliphatic carbocycles. The molecule has 8 nitrogen and oxygen atoms in total. The lowest BCUT2D eigenvalue weighted by Gasteiger charge is -2.25. The number of benzene rings is 4. The molecule has 54 heavy (non-hydrogen) atoms. The first-order valence-corrected chi connectivity index (χ1v) is 18.6. The molecule has 2 unspecified atom stereocenters. The molecule has 0 fully saturated rings. The van der Waals surface area contributed by atoms with Crippen molar-refractivity contribution in [1.29, 1.82) is 0 Å². The maximum atomic E-state index is 14.1. The highest BCUT2D eigenvalue weighted by molar-refractivity contribution is 6.31. The van der Waals surface area contributed by atoms with E-state index in [0.717, 1.165) is 55.4 Å². The van der Waals surface area contributed by atoms with Crippen LogP contribution < -0.4 is 9.47 Å². The molecule has 6 aromatic rings. The van der Waals surface area contributed by atoms with Gasteiger partial charge in [-0.05, 0) is 111 Å². The molecule has 11 heteroatoms. The second-order valence-corrected chi connectivity index (χ2v) is 15.0. The van der Waals surface area contributed by atoms with Gasteiger partial charge in [-0.2, -0.15) is 0 Å². The van der Waals surface area contributed by atoms with Crippen molar-refractivity contribution in [3.05, 3.63) is 129 Å². The Bertz CT molecular complexity index is 2160. The first-order chi connectivity index (χ1) is 25.9. The zero-order chi connectivity index (χ0) is 38.3. The summed E-state index contributed by atoms with van der Waals surface area (Å²) in [7, 11) is 7.07. The second kappa shape index (κ2) is 15.7. The van der Waals surface area contributed by atoms with Crippen molar-refractivity contribution in [1.82, 2.24) is 18.9 Å². The number of aryl methyl sites for hydroxylation is 1. The van der Waals surface area contributed by atoms with Crippen molar-refractivity contribution < 1.29 is 28.5 Å². The molecule has 284 valence electrons. The minimum atomic E-state index is -0.826. The average molecular weight is 757 g/mol. The maximum Gasteiger partial charge on any atom is 0.165 e. The number of ether oxygens (including phenoxy) is 2. The Morgan fingerprint density at radius 2 is 1.13 bits per heavy atom. The van der Waals surface area contributed by atoms with E-state index in [-0.39, 0.29) is 11.5 Å². The number of methoxy groups -OCH3 is 2. The summed E-state index contributed by atoms with van der Waals surface area (Å²) in [6, 6.07) is 21.6. The van der Waals surface area contributed by atoms with Crippen LogP contribution in [0, 0.1) is 18.6 Å². The van der Waals surface area contributed by atoms with Gasteiger partial charge in [-0.1, -0.05) is 35.4 Å². The van der Waals surface area contributed by atoms with Crippen LogP contribution in [0.1, 0.15) is 51.4 Å². The van der Waals surface area contributed by atoms with Gasteiger partial charge < -0.3 is 38.6 Å². The molecule has 8 rings (SSSR count). The van der Waals surface area contributed by atoms with Crippen molar-refractivity contribution in [2.24, 2.45) is 0 Å². The van der Waals surface area contributed by atoms with Gasteiger partial charge in [0.15, 0.2) is 23.1 Å². The molecule has 2 aliphatic heterocycles. The molecule has 0 radical (unpaired) electrons. The van der Waals surface area contributed by atoms with E-state index in [4.69, 9.17) is 21.1 Å². The van der Waals surface area contributed by atoms with Gasteiger partial charge in [-0.25, -0.2) is 8.78 Å². The molecule has 4 aromatic carbocycles. The summed E-state index contributed by atoms with van der Waals surface area (Å²) in [5.74, 6) is -0.568. The molecule has 2 N–H and O–H groups in total. The monoisotopic (exact) mass is 756 g/mol. The fourth-order valence-corrected chi connectivity index (χ4v) is 8.16. The minimum Gasteiger partial charge on any atom is -0.494 e. The van der Waals surface area contributed by atoms with Crippen molar-refractivity contribution in [3.8, 4) is 11.5 Å². The Labute approximate surface area is 319 Å². The average Bonchev–Trinajstić information content (AvgIpc) is 3.61. The highest BCUT2D eigenvalue weighted by Gasteiger charge is 2.26. The van der Waals surface area contributed by atoms with E-state index in [0.29, 0.717) is 29.2 Å². The number of aliphatic hydroxyl groups excluding tert-OH is 2. The topological polar surface area (TPSA) is 75.3 Å². The van der Waals surface area contributed by atoms with Gasteiger partial charge in [-0.15, -0.1) is 0 Å². The van der Waals surface area contributed by atoms with Crippen LogP contribution in [0.5, 0.6) is 11.5 Å². The summed E-state index contributed by atoms with van der Waals surface area (Å²) in [6.45, 7) is 6.55. The largest absolute Gasteiger partial charge is 0.494 e. The zero-order valence-electron chi connectivity index (χ0n) is 31.4. The molecule has 2 aliphatic rings. The Morgan fingerprint density at radius 1 is 0.667 bits per heavy atom. The maximum absolute atomic E-state index is 14.1. The fraction of sp³-hybridized carbons (Fsp3) is 0.349. The molecule has 0 saturated carbocycles. The van der Waals surface area contributed by atoms with Crippen LogP contribution >= 0.6 is 11.6 Å². The summed E-state index contributed by atoms with van der Waals surface area (Å²) in [4.78, 5) is 4.56. The Kier molecular flexibility index (Phi) is 11.0. The van der Waals surface area contributed by atoms with Crippen molar-refractivity contribution in [3.63, 3.8) is 0 Å². The number of hydrogen-bond acceptors (Lipinski definition) is 6. The second-order valence-electron chi connectivity index (χ2n) is 14.5. The quantitative estimate of drug-likeness (QED) is 0.164. The molecule has 2 aromatic heterocycles. The Hall–Kier alpha value is -4.45. The standard InChI is InChI=1S/C22H25FN2O2.C21H22ClFN2O2/c1-14-4-6-19-17(10-14)16-8-9-24(2)12-20(16)25(19)13-21(26)15-5-7-22(27-3)18(23)11-15;1-24-8-7-15-16-10-14(22)4-5-18(16)25(19(15)11-24)12-20(26)13-3-6-21(27-2)17(23)9-13/h4-7,10-11,21,26H,8-9,12-13H2,1-3H3;3-6,9-10,20,26H,7-8,11-12H2,1-2H3. The fourth-order valence-electron chi connectivity index (χ4n) is 7.99. The van der Waals surface area contributed by atoms with Crippen molar-refractivity contribution in [2.75, 3.05) is 41.4 Å². The number of aliphatic hydroxyl groups is 2. The van der Waals surface area contributed by atoms with E-state index in [1.54, 1.807) is 24.3 Å². The predicted octanol–water partition coefficient (Wildman–Crippen LogP) is 7.98. The summed E-state index contributed by atoms with van der Waals surface area (Å²) in [5, 5.41) is 24.7. The van der Waals surface area contributed by atoms with Crippen LogP contribution in [-0.2, 0) is 39.0 Å². The Morgan fingerprint density at radius 3 is 1.59 bits per heavy atom. The Balaban J connectivity index is 0.000000167. The normalized spacial score (nSPS) is 15.7. The lowest BCUT2D eigenvalue weighted by atomic mass is 10.0. The minimum absolute atomic E-state index is 0.172. The van der Waals surface area contributed by atoms with Crippen LogP contribution in [0.4, 0.5) is 8.78 Å². The molecule has 2 atom stereocenters. The first kappa shape index (κ1) is 37.8. The SMILES string of the molecule is COc1ccc(C(O)Cn2c3c(c4cc(C)ccc42)CCN(C)C3)cc1F.COc1ccc(C(O)Cn2c3c(c4cc(Cl)ccc42)CCN(C)C3)cc1F. The molecule has 4 heterocycles. The number of rotatable bonds is 8. The summed E-state index contributed by atoms with van der Waals surface area (Å²) < 4.78 is 42.4. The van der Waals surface area contributed by atoms with Crippen LogP contribution in [0.3, 0.4) is 0 Å². The number of aromatic nitrogens is 2. The third-order valence-electron chi connectivity index (χ3n) is 10.8. The summed E-state index contributed by atoms with van der Waals surface area (Å²) >= 11 is 6.22. The lowest BCUT2D eigenvalue weighted by molar-refractivity contribution is 0.154. The third-order valence-corrected chi connectivity index (χ3v) is 11.1. The van der Waals surface area contributed by atoms with Gasteiger partial charge in [0.25, 0.3) is 0 Å². The number of fused-ring (bicyclic) bond motifs is 6. The van der Waals surface area contributed by atoms with E-state index < -0.39 is 23.8 Å². The van der Waals surface area contributed by atoms with Gasteiger partial charge in [0.05, 0.1) is 39.5 Å². The highest BCUT2D eigenvalue weighted by Crippen LogP contribution is 2.35. The summed E-state index contributed by atoms with van der Waals surface area (Å²) in [5.41, 5.74) is 9.60. The van der Waals surface area contributed by atoms with E-state index >= 15 is 0 Å². The van der Waals surface area contributed by atoms with Gasteiger partial charge in [0, 0.05) is 64.4 Å². The highest BCUT2D eigenvalue weighted by atomic mass is 35.5. The van der Waals surface area contributed by atoms with Crippen molar-refractivity contribution in [2.45, 2.75) is 58.2 Å². The van der Waals surface area contributed by atoms with E-state index in [1.807, 2.05) is 18.2 Å². The number of nitrogens with zero attached hydrogens (tertiary/aromatic N) is 4. The van der Waals surface area contributed by atoms with Gasteiger partial charge >= 0.3 is 0 Å². The molecule has 0 saturated heterocycles. The van der Waals surface area contributed by atoms with Gasteiger partial charge in [0.2, 0.25) is 0 Å². The number of hydrogen-bond donors (Lipinski definition) is 2. The number of likely N-dealkylation sites (N-methyl/N-ethyl adjacent to an activating group) is 2. The molecular formula is C43H47ClF2N4O4. The molecule has 0 bridgehead atoms. The number of halogens is 3. The van der Waals surface area contributed by atoms with Gasteiger partial charge in [0.1, 0.15) is 0 Å². The van der Waals surface area contributed by atoms with E-state index in [9.17, 15) is 19.0 Å². The van der Waals surface area contributed by atoms with Crippen LogP contribution in [-0.4, -0.2) is 70.6 Å². The zero-order valence-corrected chi connectivity index (χ0v) is 32.1. The van der Waals surface area contributed by atoms with Crippen LogP contribution in [0.25, 0.3) is 21.8 Å². The molecular weight excluding hydrogens is 710 g/mol. The first-order valence-electron chi connectivity index (χ1n) is 18.3. The van der Waals surface area contributed by atoms with E-state index in [2.05, 4.69) is 58.2 Å². The predicted molar refractivity (Wildman–Crippen MR) is 210 cm³/mol. The molecule has 0 amide bonds. The molecule has 0 spiro atoms. The van der Waals surface area contributed by atoms with Crippen LogP contribution in [0.15, 0.2) is 72.8 Å². The smallest absolute Gasteiger partial charge is 0.165 e. The van der Waals surface area contributed by atoms with Crippen LogP contribution in [0.2, 0.25) is 5.02 Å². The van der Waals surface area contributed by atoms with E-state index in [1.165, 1.54) is 59.8 Å². The third kappa shape index (κ3) is 7.46.